The van der Waals surface area contributed by atoms with Crippen molar-refractivity contribution in [1.82, 2.24) is 0 Å². The van der Waals surface area contributed by atoms with E-state index in [0.717, 1.165) is 24.9 Å². The van der Waals surface area contributed by atoms with Crippen LogP contribution in [0.1, 0.15) is 25.3 Å². The molecular weight excluding hydrogens is 334 g/mol. The van der Waals surface area contributed by atoms with E-state index in [9.17, 15) is 10.1 Å². The van der Waals surface area contributed by atoms with Crippen LogP contribution in [-0.4, -0.2) is 5.91 Å². The summed E-state index contributed by atoms with van der Waals surface area (Å²) in [5, 5.41) is 15.4. The molecule has 5 heteroatoms. The Morgan fingerprint density at radius 3 is 2.60 bits per heavy atom. The van der Waals surface area contributed by atoms with E-state index >= 15 is 0 Å². The number of nitrogens with one attached hydrogen (secondary N) is 2. The average Bonchev–Trinajstić information content (AvgIpc) is 2.61. The van der Waals surface area contributed by atoms with Crippen LogP contribution in [0.25, 0.3) is 0 Å². The zero-order chi connectivity index (χ0) is 18.1. The minimum Gasteiger partial charge on any atom is -0.360 e. The predicted molar refractivity (Wildman–Crippen MR) is 102 cm³/mol. The molecule has 25 heavy (non-hydrogen) atoms. The quantitative estimate of drug-likeness (QED) is 0.535. The summed E-state index contributed by atoms with van der Waals surface area (Å²) >= 11 is 5.88. The van der Waals surface area contributed by atoms with Crippen molar-refractivity contribution < 1.29 is 4.79 Å². The molecule has 0 bridgehead atoms. The summed E-state index contributed by atoms with van der Waals surface area (Å²) in [4.78, 5) is 12.2. The van der Waals surface area contributed by atoms with E-state index in [1.54, 1.807) is 24.3 Å². The molecule has 0 saturated carbocycles. The van der Waals surface area contributed by atoms with E-state index in [1.807, 2.05) is 30.3 Å². The van der Waals surface area contributed by atoms with Crippen LogP contribution in [0.15, 0.2) is 60.3 Å². The number of benzene rings is 2. The largest absolute Gasteiger partial charge is 0.360 e. The summed E-state index contributed by atoms with van der Waals surface area (Å²) in [6, 6.07) is 16.6. The van der Waals surface area contributed by atoms with Gasteiger partial charge in [0.25, 0.3) is 5.91 Å². The smallest absolute Gasteiger partial charge is 0.267 e. The fourth-order valence-corrected chi connectivity index (χ4v) is 2.41. The zero-order valence-electron chi connectivity index (χ0n) is 14.1. The molecule has 0 spiro atoms. The monoisotopic (exact) mass is 353 g/mol. The lowest BCUT2D eigenvalue weighted by atomic mass is 10.1. The zero-order valence-corrected chi connectivity index (χ0v) is 14.8. The van der Waals surface area contributed by atoms with Crippen molar-refractivity contribution in [1.29, 1.82) is 5.26 Å². The van der Waals surface area contributed by atoms with Crippen LogP contribution in [0.5, 0.6) is 0 Å². The van der Waals surface area contributed by atoms with Gasteiger partial charge in [-0.25, -0.2) is 0 Å². The number of halogens is 1. The topological polar surface area (TPSA) is 64.9 Å². The van der Waals surface area contributed by atoms with Crippen LogP contribution in [0.4, 0.5) is 11.4 Å². The fraction of sp³-hybridized carbons (Fsp3) is 0.200. The number of carbonyl (C=O) groups is 1. The number of nitrogens with zero attached hydrogens (tertiary/aromatic N) is 1. The molecule has 2 aromatic rings. The third kappa shape index (κ3) is 5.98. The molecule has 4 nitrogen and oxygen atoms in total. The van der Waals surface area contributed by atoms with Crippen molar-refractivity contribution in [2.45, 2.75) is 26.2 Å². The van der Waals surface area contributed by atoms with Crippen LogP contribution < -0.4 is 10.6 Å². The van der Waals surface area contributed by atoms with Gasteiger partial charge in [-0.15, -0.1) is 0 Å². The molecule has 0 aromatic heterocycles. The SMILES string of the molecule is CCCCc1ccc(N/C=C(/C#N)C(=O)Nc2cccc(Cl)c2)cc1. The highest BCUT2D eigenvalue weighted by Gasteiger charge is 2.09. The minimum absolute atomic E-state index is 0.0185. The maximum Gasteiger partial charge on any atom is 0.267 e. The molecule has 0 aliphatic carbocycles. The number of anilines is 2. The molecule has 0 atom stereocenters. The van der Waals surface area contributed by atoms with E-state index in [-0.39, 0.29) is 5.57 Å². The molecule has 0 fully saturated rings. The van der Waals surface area contributed by atoms with Gasteiger partial charge in [0.2, 0.25) is 0 Å². The molecule has 0 aliphatic heterocycles. The molecule has 0 saturated heterocycles. The summed E-state index contributed by atoms with van der Waals surface area (Å²) in [6.45, 7) is 2.17. The molecule has 0 heterocycles. The van der Waals surface area contributed by atoms with Gasteiger partial charge in [0.05, 0.1) is 0 Å². The van der Waals surface area contributed by atoms with Gasteiger partial charge in [-0.1, -0.05) is 43.1 Å². The first kappa shape index (κ1) is 18.6. The van der Waals surface area contributed by atoms with Crippen LogP contribution >= 0.6 is 11.6 Å². The van der Waals surface area contributed by atoms with Crippen LogP contribution in [0.2, 0.25) is 5.02 Å². The molecule has 0 radical (unpaired) electrons. The van der Waals surface area contributed by atoms with Crippen molar-refractivity contribution in [2.24, 2.45) is 0 Å². The Bertz CT molecular complexity index is 791. The molecular formula is C20H20ClN3O. The van der Waals surface area contributed by atoms with Crippen molar-refractivity contribution in [3.8, 4) is 6.07 Å². The third-order valence-electron chi connectivity index (χ3n) is 3.60. The molecule has 128 valence electrons. The van der Waals surface area contributed by atoms with Gasteiger partial charge in [0, 0.05) is 22.6 Å². The summed E-state index contributed by atoms with van der Waals surface area (Å²) in [5.41, 5.74) is 2.62. The predicted octanol–water partition coefficient (Wildman–Crippen LogP) is 5.14. The van der Waals surface area contributed by atoms with Crippen molar-refractivity contribution in [3.05, 3.63) is 70.9 Å². The van der Waals surface area contributed by atoms with Gasteiger partial charge >= 0.3 is 0 Å². The van der Waals surface area contributed by atoms with Gasteiger partial charge < -0.3 is 10.6 Å². The van der Waals surface area contributed by atoms with Crippen molar-refractivity contribution >= 4 is 28.9 Å². The average molecular weight is 354 g/mol. The van der Waals surface area contributed by atoms with E-state index in [0.29, 0.717) is 10.7 Å². The highest BCUT2D eigenvalue weighted by molar-refractivity contribution is 6.31. The van der Waals surface area contributed by atoms with E-state index in [2.05, 4.69) is 17.6 Å². The second-order valence-corrected chi connectivity index (χ2v) is 6.02. The molecule has 2 aromatic carbocycles. The van der Waals surface area contributed by atoms with Crippen LogP contribution in [0.3, 0.4) is 0 Å². The van der Waals surface area contributed by atoms with Crippen LogP contribution in [0, 0.1) is 11.3 Å². The lowest BCUT2D eigenvalue weighted by Crippen LogP contribution is -2.14. The number of amides is 1. The molecule has 0 aliphatic rings. The van der Waals surface area contributed by atoms with Crippen molar-refractivity contribution in [3.63, 3.8) is 0 Å². The molecule has 0 unspecified atom stereocenters. The number of aryl methyl sites for hydroxylation is 1. The lowest BCUT2D eigenvalue weighted by molar-refractivity contribution is -0.112. The Hall–Kier alpha value is -2.77. The maximum atomic E-state index is 12.2. The van der Waals surface area contributed by atoms with Gasteiger partial charge in [-0.2, -0.15) is 5.26 Å². The molecule has 2 rings (SSSR count). The number of hydrogen-bond donors (Lipinski definition) is 2. The number of carbonyl (C=O) groups excluding carboxylic acids is 1. The number of unbranched alkanes of at least 4 members (excludes halogenated alkanes) is 1. The summed E-state index contributed by atoms with van der Waals surface area (Å²) < 4.78 is 0. The minimum atomic E-state index is -0.489. The van der Waals surface area contributed by atoms with E-state index in [1.165, 1.54) is 11.8 Å². The third-order valence-corrected chi connectivity index (χ3v) is 3.84. The first-order chi connectivity index (χ1) is 12.1. The standard InChI is InChI=1S/C20H20ClN3O/c1-2-3-5-15-8-10-18(11-9-15)23-14-16(13-22)20(25)24-19-7-4-6-17(21)12-19/h4,6-12,14,23H,2-3,5H2,1H3,(H,24,25)/b16-14-. The lowest BCUT2D eigenvalue weighted by Gasteiger charge is -2.06. The second-order valence-electron chi connectivity index (χ2n) is 5.58. The number of rotatable bonds is 7. The Morgan fingerprint density at radius 2 is 1.96 bits per heavy atom. The number of hydrogen-bond acceptors (Lipinski definition) is 3. The second kappa shape index (κ2) is 9.51. The number of nitriles is 1. The van der Waals surface area contributed by atoms with Gasteiger partial charge in [-0.3, -0.25) is 4.79 Å². The first-order valence-corrected chi connectivity index (χ1v) is 8.53. The van der Waals surface area contributed by atoms with Gasteiger partial charge in [0.15, 0.2) is 0 Å². The Labute approximate surface area is 153 Å². The first-order valence-electron chi connectivity index (χ1n) is 8.15. The van der Waals surface area contributed by atoms with E-state index < -0.39 is 5.91 Å². The van der Waals surface area contributed by atoms with Crippen molar-refractivity contribution in [2.75, 3.05) is 10.6 Å². The van der Waals surface area contributed by atoms with Crippen LogP contribution in [-0.2, 0) is 11.2 Å². The highest BCUT2D eigenvalue weighted by atomic mass is 35.5. The Balaban J connectivity index is 1.99. The Kier molecular flexibility index (Phi) is 7.06. The summed E-state index contributed by atoms with van der Waals surface area (Å²) in [5.74, 6) is -0.489. The summed E-state index contributed by atoms with van der Waals surface area (Å²) in [6.07, 6.45) is 4.78. The molecule has 2 N–H and O–H groups in total. The van der Waals surface area contributed by atoms with E-state index in [4.69, 9.17) is 11.6 Å². The highest BCUT2D eigenvalue weighted by Crippen LogP contribution is 2.16. The summed E-state index contributed by atoms with van der Waals surface area (Å²) in [7, 11) is 0. The Morgan fingerprint density at radius 1 is 1.20 bits per heavy atom. The van der Waals surface area contributed by atoms with Gasteiger partial charge in [0.1, 0.15) is 11.6 Å². The maximum absolute atomic E-state index is 12.2. The van der Waals surface area contributed by atoms with Gasteiger partial charge in [-0.05, 0) is 48.7 Å². The fourth-order valence-electron chi connectivity index (χ4n) is 2.22. The molecule has 1 amide bonds. The normalized spacial score (nSPS) is 10.8.